The highest BCUT2D eigenvalue weighted by atomic mass is 32.2. The zero-order chi connectivity index (χ0) is 10.1. The third kappa shape index (κ3) is 2.17. The summed E-state index contributed by atoms with van der Waals surface area (Å²) in [5.41, 5.74) is -0.659. The molecule has 1 rings (SSSR count). The van der Waals surface area contributed by atoms with E-state index in [-0.39, 0.29) is 4.91 Å². The minimum atomic E-state index is -4.12. The third-order valence-corrected chi connectivity index (χ3v) is 2.79. The second-order valence-electron chi connectivity index (χ2n) is 3.15. The van der Waals surface area contributed by atoms with Crippen LogP contribution >= 0.6 is 0 Å². The highest BCUT2D eigenvalue weighted by molar-refractivity contribution is 7.90. The molecule has 0 saturated heterocycles. The third-order valence-electron chi connectivity index (χ3n) is 1.90. The molecule has 0 aliphatic heterocycles. The Morgan fingerprint density at radius 2 is 2.31 bits per heavy atom. The summed E-state index contributed by atoms with van der Waals surface area (Å²) >= 11 is 0. The molecule has 0 bridgehead atoms. The van der Waals surface area contributed by atoms with Gasteiger partial charge in [-0.25, -0.2) is 0 Å². The van der Waals surface area contributed by atoms with Gasteiger partial charge in [0.1, 0.15) is 0 Å². The second-order valence-corrected chi connectivity index (χ2v) is 4.57. The molecule has 1 unspecified atom stereocenters. The fourth-order valence-corrected chi connectivity index (χ4v) is 1.52. The van der Waals surface area contributed by atoms with Crippen molar-refractivity contribution in [2.24, 2.45) is 5.41 Å². The molecule has 0 amide bonds. The maximum Gasteiger partial charge on any atom is 0.294 e. The molecule has 0 aromatic carbocycles. The van der Waals surface area contributed by atoms with E-state index in [0.29, 0.717) is 6.42 Å². The van der Waals surface area contributed by atoms with Gasteiger partial charge in [-0.2, -0.15) is 13.7 Å². The molecule has 0 radical (unpaired) electrons. The van der Waals surface area contributed by atoms with Crippen molar-refractivity contribution in [2.75, 3.05) is 0 Å². The average molecular weight is 199 g/mol. The van der Waals surface area contributed by atoms with Crippen LogP contribution in [0, 0.1) is 16.7 Å². The minimum Gasteiger partial charge on any atom is -0.282 e. The first-order chi connectivity index (χ1) is 5.87. The standard InChI is InChI=1S/C8H9NO3S/c1-8(6-9)4-2-7(3-5-8)13(10,11)12/h2-4H,5H2,1H3,(H,10,11,12). The summed E-state index contributed by atoms with van der Waals surface area (Å²) in [4.78, 5) is -0.139. The van der Waals surface area contributed by atoms with Gasteiger partial charge in [-0.15, -0.1) is 0 Å². The van der Waals surface area contributed by atoms with Crippen LogP contribution in [0.3, 0.4) is 0 Å². The molecule has 0 spiro atoms. The maximum atomic E-state index is 10.6. The quantitative estimate of drug-likeness (QED) is 0.644. The van der Waals surface area contributed by atoms with Gasteiger partial charge in [0.25, 0.3) is 10.1 Å². The molecule has 13 heavy (non-hydrogen) atoms. The highest BCUT2D eigenvalue weighted by Crippen LogP contribution is 2.29. The molecule has 0 aromatic rings. The first-order valence-electron chi connectivity index (χ1n) is 3.65. The summed E-state index contributed by atoms with van der Waals surface area (Å²) in [5.74, 6) is 0. The van der Waals surface area contributed by atoms with E-state index in [9.17, 15) is 8.42 Å². The number of allylic oxidation sites excluding steroid dienone is 3. The Bertz CT molecular complexity index is 413. The summed E-state index contributed by atoms with van der Waals surface area (Å²) < 4.78 is 29.9. The van der Waals surface area contributed by atoms with Gasteiger partial charge in [-0.3, -0.25) is 4.55 Å². The summed E-state index contributed by atoms with van der Waals surface area (Å²) in [7, 11) is -4.12. The van der Waals surface area contributed by atoms with Gasteiger partial charge in [0.2, 0.25) is 0 Å². The lowest BCUT2D eigenvalue weighted by atomic mass is 9.86. The fourth-order valence-electron chi connectivity index (χ4n) is 0.989. The van der Waals surface area contributed by atoms with Gasteiger partial charge in [0.05, 0.1) is 16.4 Å². The topological polar surface area (TPSA) is 78.2 Å². The van der Waals surface area contributed by atoms with Crippen LogP contribution in [0.1, 0.15) is 13.3 Å². The van der Waals surface area contributed by atoms with E-state index in [1.807, 2.05) is 6.07 Å². The van der Waals surface area contributed by atoms with Gasteiger partial charge in [0.15, 0.2) is 0 Å². The normalized spacial score (nSPS) is 27.9. The van der Waals surface area contributed by atoms with Crippen molar-refractivity contribution >= 4 is 10.1 Å². The first kappa shape index (κ1) is 9.96. The van der Waals surface area contributed by atoms with Gasteiger partial charge >= 0.3 is 0 Å². The second kappa shape index (κ2) is 2.98. The number of nitrogens with zero attached hydrogens (tertiary/aromatic N) is 1. The summed E-state index contributed by atoms with van der Waals surface area (Å²) in [5, 5.41) is 8.70. The SMILES string of the molecule is CC1(C#N)C=CC(S(=O)(=O)O)=CC1. The number of rotatable bonds is 1. The largest absolute Gasteiger partial charge is 0.294 e. The van der Waals surface area contributed by atoms with Crippen molar-refractivity contribution in [3.05, 3.63) is 23.1 Å². The van der Waals surface area contributed by atoms with Crippen LogP contribution in [0.5, 0.6) is 0 Å². The van der Waals surface area contributed by atoms with Crippen LogP contribution in [0.15, 0.2) is 23.1 Å². The lowest BCUT2D eigenvalue weighted by Crippen LogP contribution is -2.14. The molecule has 1 aliphatic rings. The first-order valence-corrected chi connectivity index (χ1v) is 5.09. The predicted molar refractivity (Wildman–Crippen MR) is 47.1 cm³/mol. The smallest absolute Gasteiger partial charge is 0.282 e. The predicted octanol–water partition coefficient (Wildman–Crippen LogP) is 1.25. The molecule has 1 N–H and O–H groups in total. The molecule has 0 fully saturated rings. The van der Waals surface area contributed by atoms with Crippen LogP contribution in [-0.4, -0.2) is 13.0 Å². The fraction of sp³-hybridized carbons (Fsp3) is 0.375. The summed E-state index contributed by atoms with van der Waals surface area (Å²) in [6, 6.07) is 2.04. The van der Waals surface area contributed by atoms with Crippen LogP contribution in [-0.2, 0) is 10.1 Å². The molecule has 4 nitrogen and oxygen atoms in total. The monoisotopic (exact) mass is 199 g/mol. The van der Waals surface area contributed by atoms with Crippen molar-refractivity contribution in [3.63, 3.8) is 0 Å². The Hall–Kier alpha value is -1.12. The van der Waals surface area contributed by atoms with Crippen molar-refractivity contribution in [2.45, 2.75) is 13.3 Å². The Balaban J connectivity index is 2.97. The van der Waals surface area contributed by atoms with Gasteiger partial charge in [0, 0.05) is 0 Å². The van der Waals surface area contributed by atoms with Crippen molar-refractivity contribution in [1.29, 1.82) is 5.26 Å². The Labute approximate surface area is 76.9 Å². The van der Waals surface area contributed by atoms with E-state index < -0.39 is 15.5 Å². The number of hydrogen-bond donors (Lipinski definition) is 1. The molecule has 0 saturated carbocycles. The molecule has 0 heterocycles. The Morgan fingerprint density at radius 1 is 1.69 bits per heavy atom. The summed E-state index contributed by atoms with van der Waals surface area (Å²) in [6.07, 6.45) is 4.38. The van der Waals surface area contributed by atoms with Crippen LogP contribution < -0.4 is 0 Å². The molecule has 0 aromatic heterocycles. The lowest BCUT2D eigenvalue weighted by Gasteiger charge is -2.18. The lowest BCUT2D eigenvalue weighted by molar-refractivity contribution is 0.490. The highest BCUT2D eigenvalue weighted by Gasteiger charge is 2.24. The zero-order valence-corrected chi connectivity index (χ0v) is 7.87. The van der Waals surface area contributed by atoms with Crippen molar-refractivity contribution in [1.82, 2.24) is 0 Å². The maximum absolute atomic E-state index is 10.6. The molecule has 5 heteroatoms. The Morgan fingerprint density at radius 3 is 2.62 bits per heavy atom. The number of nitriles is 1. The van der Waals surface area contributed by atoms with E-state index in [1.54, 1.807) is 6.92 Å². The van der Waals surface area contributed by atoms with Crippen molar-refractivity contribution in [3.8, 4) is 6.07 Å². The van der Waals surface area contributed by atoms with Gasteiger partial charge < -0.3 is 0 Å². The van der Waals surface area contributed by atoms with E-state index >= 15 is 0 Å². The van der Waals surface area contributed by atoms with E-state index in [2.05, 4.69) is 0 Å². The van der Waals surface area contributed by atoms with Crippen LogP contribution in [0.4, 0.5) is 0 Å². The Kier molecular flexibility index (Phi) is 2.28. The van der Waals surface area contributed by atoms with E-state index in [4.69, 9.17) is 9.81 Å². The van der Waals surface area contributed by atoms with Crippen LogP contribution in [0.25, 0.3) is 0 Å². The van der Waals surface area contributed by atoms with Gasteiger partial charge in [-0.05, 0) is 19.4 Å². The van der Waals surface area contributed by atoms with Crippen molar-refractivity contribution < 1.29 is 13.0 Å². The molecule has 1 atom stereocenters. The van der Waals surface area contributed by atoms with Gasteiger partial charge in [-0.1, -0.05) is 12.2 Å². The van der Waals surface area contributed by atoms with Crippen LogP contribution in [0.2, 0.25) is 0 Å². The average Bonchev–Trinajstić information content (AvgIpc) is 2.04. The minimum absolute atomic E-state index is 0.139. The van der Waals surface area contributed by atoms with E-state index in [1.165, 1.54) is 18.2 Å². The molecule has 70 valence electrons. The summed E-state index contributed by atoms with van der Waals surface area (Å²) in [6.45, 7) is 1.70. The zero-order valence-electron chi connectivity index (χ0n) is 7.06. The molecule has 1 aliphatic carbocycles. The molecular weight excluding hydrogens is 190 g/mol. The molecular formula is C8H9NO3S. The van der Waals surface area contributed by atoms with E-state index in [0.717, 1.165) is 0 Å². The number of hydrogen-bond acceptors (Lipinski definition) is 3.